The maximum Gasteiger partial charge on any atom is 0.264 e. The number of aliphatic hydroxyl groups is 1. The van der Waals surface area contributed by atoms with Crippen molar-refractivity contribution in [2.24, 2.45) is 17.8 Å². The molecule has 2 aromatic heterocycles. The molecule has 4 heterocycles. The molecule has 5 rings (SSSR count). The van der Waals surface area contributed by atoms with Crippen LogP contribution in [0.1, 0.15) is 31.0 Å². The largest absolute Gasteiger partial charge is 0.384 e. The van der Waals surface area contributed by atoms with Crippen LogP contribution in [-0.4, -0.2) is 57.3 Å². The second-order valence-electron chi connectivity index (χ2n) is 10.3. The van der Waals surface area contributed by atoms with Gasteiger partial charge in [0, 0.05) is 56.2 Å². The lowest BCUT2D eigenvalue weighted by Gasteiger charge is -2.48. The Hall–Kier alpha value is -3.37. The van der Waals surface area contributed by atoms with Crippen molar-refractivity contribution in [2.45, 2.75) is 25.4 Å². The lowest BCUT2D eigenvalue weighted by Crippen LogP contribution is -2.57. The molecule has 0 saturated carbocycles. The third-order valence-electron chi connectivity index (χ3n) is 7.92. The zero-order valence-electron chi connectivity index (χ0n) is 20.9. The summed E-state index contributed by atoms with van der Waals surface area (Å²) in [6.07, 6.45) is 1.36. The molecule has 1 amide bonds. The van der Waals surface area contributed by atoms with Gasteiger partial charge in [0.25, 0.3) is 5.56 Å². The van der Waals surface area contributed by atoms with Crippen molar-refractivity contribution in [3.63, 3.8) is 0 Å². The van der Waals surface area contributed by atoms with Gasteiger partial charge in [-0.15, -0.1) is 0 Å². The molecule has 5 atom stereocenters. The van der Waals surface area contributed by atoms with Crippen molar-refractivity contribution in [1.29, 1.82) is 0 Å². The van der Waals surface area contributed by atoms with Crippen LogP contribution in [0.3, 0.4) is 0 Å². The van der Waals surface area contributed by atoms with E-state index in [2.05, 4.69) is 15.2 Å². The van der Waals surface area contributed by atoms with Crippen molar-refractivity contribution in [1.82, 2.24) is 20.1 Å². The van der Waals surface area contributed by atoms with Crippen LogP contribution in [0.15, 0.2) is 53.5 Å². The summed E-state index contributed by atoms with van der Waals surface area (Å²) >= 11 is 5.93. The molecular weight excluding hydrogens is 516 g/mol. The Morgan fingerprint density at radius 1 is 1.08 bits per heavy atom. The van der Waals surface area contributed by atoms with E-state index in [1.807, 2.05) is 18.7 Å². The molecule has 3 aromatic rings. The Morgan fingerprint density at radius 3 is 2.37 bits per heavy atom. The number of carbonyl (C=O) groups is 1. The summed E-state index contributed by atoms with van der Waals surface area (Å²) in [6, 6.07) is 9.88. The van der Waals surface area contributed by atoms with Crippen molar-refractivity contribution in [3.8, 4) is 0 Å². The lowest BCUT2D eigenvalue weighted by molar-refractivity contribution is -0.152. The number of hydrogen-bond donors (Lipinski definition) is 2. The van der Waals surface area contributed by atoms with Gasteiger partial charge in [-0.25, -0.2) is 13.9 Å². The van der Waals surface area contributed by atoms with Gasteiger partial charge in [0.2, 0.25) is 5.91 Å². The van der Waals surface area contributed by atoms with Crippen molar-refractivity contribution < 1.29 is 18.7 Å². The Balaban J connectivity index is 1.43. The fraction of sp³-hybridized carbons (Fsp3) is 0.407. The molecular formula is C27H28ClF2N5O3. The number of H-pyrrole nitrogens is 1. The Morgan fingerprint density at radius 2 is 1.76 bits per heavy atom. The molecule has 1 unspecified atom stereocenters. The van der Waals surface area contributed by atoms with E-state index >= 15 is 0 Å². The summed E-state index contributed by atoms with van der Waals surface area (Å²) in [4.78, 5) is 33.3. The predicted octanol–water partition coefficient (Wildman–Crippen LogP) is 3.32. The number of nitrogens with one attached hydrogen (secondary N) is 1. The van der Waals surface area contributed by atoms with Crippen LogP contribution in [0.2, 0.25) is 5.02 Å². The number of hydrogen-bond acceptors (Lipinski definition) is 6. The van der Waals surface area contributed by atoms with Crippen LogP contribution in [0.5, 0.6) is 0 Å². The SMILES string of the molecule is C[C@@H]1CN(C(=O)[C@H]2CN(c3ccc(=O)[nH]n3)C[C@H]2c2ncc(Cl)cc2F)C[C@H](C)C1(O)c1ccc(F)cc1. The first-order valence-corrected chi connectivity index (χ1v) is 12.8. The monoisotopic (exact) mass is 543 g/mol. The maximum atomic E-state index is 15.0. The van der Waals surface area contributed by atoms with E-state index in [0.717, 1.165) is 0 Å². The summed E-state index contributed by atoms with van der Waals surface area (Å²) in [5, 5.41) is 18.3. The molecule has 2 fully saturated rings. The number of nitrogens with zero attached hydrogens (tertiary/aromatic N) is 4. The number of aromatic nitrogens is 3. The van der Waals surface area contributed by atoms with Gasteiger partial charge >= 0.3 is 0 Å². The van der Waals surface area contributed by atoms with Crippen LogP contribution in [-0.2, 0) is 10.4 Å². The number of piperidine rings is 1. The van der Waals surface area contributed by atoms with Crippen molar-refractivity contribution in [2.75, 3.05) is 31.1 Å². The van der Waals surface area contributed by atoms with Crippen molar-refractivity contribution in [3.05, 3.63) is 86.9 Å². The van der Waals surface area contributed by atoms with Crippen LogP contribution in [0.25, 0.3) is 0 Å². The number of pyridine rings is 1. The molecule has 1 aromatic carbocycles. The van der Waals surface area contributed by atoms with E-state index in [9.17, 15) is 23.5 Å². The van der Waals surface area contributed by atoms with E-state index in [1.165, 1.54) is 30.5 Å². The van der Waals surface area contributed by atoms with Gasteiger partial charge < -0.3 is 14.9 Å². The second kappa shape index (κ2) is 10.1. The number of rotatable bonds is 4. The molecule has 0 aliphatic carbocycles. The molecule has 11 heteroatoms. The van der Waals surface area contributed by atoms with Gasteiger partial charge in [-0.05, 0) is 29.8 Å². The van der Waals surface area contributed by atoms with Crippen LogP contribution in [0, 0.1) is 29.4 Å². The van der Waals surface area contributed by atoms with Crippen LogP contribution in [0.4, 0.5) is 14.6 Å². The molecule has 38 heavy (non-hydrogen) atoms. The minimum Gasteiger partial charge on any atom is -0.384 e. The predicted molar refractivity (Wildman–Crippen MR) is 138 cm³/mol. The average Bonchev–Trinajstić information content (AvgIpc) is 3.32. The molecule has 2 aliphatic rings. The lowest BCUT2D eigenvalue weighted by atomic mass is 9.70. The van der Waals surface area contributed by atoms with E-state index in [-0.39, 0.29) is 66.0 Å². The van der Waals surface area contributed by atoms with E-state index in [0.29, 0.717) is 11.4 Å². The molecule has 0 radical (unpaired) electrons. The third-order valence-corrected chi connectivity index (χ3v) is 8.13. The van der Waals surface area contributed by atoms with E-state index in [1.54, 1.807) is 23.1 Å². The number of halogens is 3. The number of carbonyl (C=O) groups excluding carboxylic acids is 1. The molecule has 0 bridgehead atoms. The first-order valence-electron chi connectivity index (χ1n) is 12.5. The molecule has 2 saturated heterocycles. The number of aromatic amines is 1. The highest BCUT2D eigenvalue weighted by Crippen LogP contribution is 2.43. The fourth-order valence-electron chi connectivity index (χ4n) is 5.93. The second-order valence-corrected chi connectivity index (χ2v) is 10.7. The highest BCUT2D eigenvalue weighted by atomic mass is 35.5. The topological polar surface area (TPSA) is 102 Å². The minimum atomic E-state index is -1.24. The first kappa shape index (κ1) is 26.2. The number of anilines is 1. The molecule has 2 aliphatic heterocycles. The summed E-state index contributed by atoms with van der Waals surface area (Å²) < 4.78 is 28.5. The summed E-state index contributed by atoms with van der Waals surface area (Å²) in [5.41, 5.74) is -0.851. The summed E-state index contributed by atoms with van der Waals surface area (Å²) in [7, 11) is 0. The number of benzene rings is 1. The van der Waals surface area contributed by atoms with E-state index in [4.69, 9.17) is 11.6 Å². The molecule has 2 N–H and O–H groups in total. The smallest absolute Gasteiger partial charge is 0.264 e. The van der Waals surface area contributed by atoms with Crippen LogP contribution >= 0.6 is 11.6 Å². The maximum absolute atomic E-state index is 15.0. The Labute approximate surface area is 223 Å². The van der Waals surface area contributed by atoms with Gasteiger partial charge in [0.15, 0.2) is 0 Å². The molecule has 0 spiro atoms. The van der Waals surface area contributed by atoms with Gasteiger partial charge in [0.1, 0.15) is 17.5 Å². The number of likely N-dealkylation sites (tertiary alicyclic amines) is 1. The zero-order chi connectivity index (χ0) is 27.2. The minimum absolute atomic E-state index is 0.139. The van der Waals surface area contributed by atoms with Crippen LogP contribution < -0.4 is 10.5 Å². The van der Waals surface area contributed by atoms with Gasteiger partial charge in [-0.3, -0.25) is 14.6 Å². The third kappa shape index (κ3) is 4.67. The van der Waals surface area contributed by atoms with Crippen molar-refractivity contribution >= 4 is 23.3 Å². The first-order chi connectivity index (χ1) is 18.1. The fourth-order valence-corrected chi connectivity index (χ4v) is 6.07. The van der Waals surface area contributed by atoms with Gasteiger partial charge in [-0.1, -0.05) is 37.6 Å². The number of amides is 1. The van der Waals surface area contributed by atoms with E-state index < -0.39 is 23.3 Å². The zero-order valence-corrected chi connectivity index (χ0v) is 21.7. The Bertz CT molecular complexity index is 1370. The highest BCUT2D eigenvalue weighted by molar-refractivity contribution is 6.30. The standard InChI is InChI=1S/C27H28ClF2N5O3/c1-15-11-35(12-16(2)27(15,38)17-3-5-19(29)6-4-17)26(37)21-14-34(23-7-8-24(36)33-32-23)13-20(21)25-22(30)9-18(28)10-31-25/h3-10,15-16,20-21,38H,11-14H2,1-2H3,(H,33,36)/t15-,16+,20-,21+,27?/m1/s1. The summed E-state index contributed by atoms with van der Waals surface area (Å²) in [6.45, 7) is 4.78. The highest BCUT2D eigenvalue weighted by Gasteiger charge is 2.49. The summed E-state index contributed by atoms with van der Waals surface area (Å²) in [5.74, 6) is -2.63. The molecule has 200 valence electrons. The normalized spacial score (nSPS) is 27.5. The van der Waals surface area contributed by atoms with Gasteiger partial charge in [-0.2, -0.15) is 5.10 Å². The Kier molecular flexibility index (Phi) is 6.96. The molecule has 8 nitrogen and oxygen atoms in total. The quantitative estimate of drug-likeness (QED) is 0.523. The van der Waals surface area contributed by atoms with Gasteiger partial charge in [0.05, 0.1) is 22.2 Å². The average molecular weight is 544 g/mol.